The Hall–Kier alpha value is -0.740. The van der Waals surface area contributed by atoms with Crippen LogP contribution < -0.4 is 10.6 Å². The number of carbonyl (C=O) groups is 1. The van der Waals surface area contributed by atoms with Crippen LogP contribution in [0.5, 0.6) is 0 Å². The summed E-state index contributed by atoms with van der Waals surface area (Å²) in [6.45, 7) is 3.63. The van der Waals surface area contributed by atoms with Crippen LogP contribution in [0.25, 0.3) is 0 Å². The van der Waals surface area contributed by atoms with Gasteiger partial charge in [-0.15, -0.1) is 0 Å². The lowest BCUT2D eigenvalue weighted by Crippen LogP contribution is -2.45. The minimum atomic E-state index is 0.0121. The first kappa shape index (κ1) is 15.6. The van der Waals surface area contributed by atoms with Crippen molar-refractivity contribution in [3.63, 3.8) is 0 Å². The summed E-state index contributed by atoms with van der Waals surface area (Å²) in [6.07, 6.45) is 6.79. The monoisotopic (exact) mass is 299 g/mol. The molecule has 0 saturated carbocycles. The van der Waals surface area contributed by atoms with Crippen LogP contribution in [0, 0.1) is 5.92 Å². The number of urea groups is 1. The van der Waals surface area contributed by atoms with E-state index in [4.69, 9.17) is 11.6 Å². The van der Waals surface area contributed by atoms with Crippen molar-refractivity contribution in [3.8, 4) is 0 Å². The maximum Gasteiger partial charge on any atom is 0.317 e. The van der Waals surface area contributed by atoms with Gasteiger partial charge >= 0.3 is 6.03 Å². The molecule has 5 heteroatoms. The molecule has 2 N–H and O–H groups in total. The zero-order chi connectivity index (χ0) is 14.4. The molecular weight excluding hydrogens is 274 g/mol. The normalized spacial score (nSPS) is 23.6. The largest absolute Gasteiger partial charge is 0.341 e. The quantitative estimate of drug-likeness (QED) is 0.838. The van der Waals surface area contributed by atoms with Crippen LogP contribution in [0.1, 0.15) is 38.5 Å². The molecule has 0 radical (unpaired) electrons. The van der Waals surface area contributed by atoms with Crippen molar-refractivity contribution in [2.75, 3.05) is 33.2 Å². The summed E-state index contributed by atoms with van der Waals surface area (Å²) in [5, 5.41) is 7.15. The predicted octanol–water partition coefficient (Wildman–Crippen LogP) is 2.69. The van der Waals surface area contributed by atoms with Crippen molar-refractivity contribution in [1.82, 2.24) is 15.5 Å². The predicted molar refractivity (Wildman–Crippen MR) is 83.0 cm³/mol. The Morgan fingerprint density at radius 1 is 1.40 bits per heavy atom. The molecule has 2 aliphatic rings. The molecule has 1 unspecified atom stereocenters. The Balaban J connectivity index is 1.97. The van der Waals surface area contributed by atoms with Gasteiger partial charge in [0.15, 0.2) is 0 Å². The van der Waals surface area contributed by atoms with Crippen LogP contribution in [0.2, 0.25) is 0 Å². The van der Waals surface area contributed by atoms with E-state index in [9.17, 15) is 4.79 Å². The highest BCUT2D eigenvalue weighted by atomic mass is 35.5. The van der Waals surface area contributed by atoms with E-state index in [0.29, 0.717) is 12.5 Å². The Morgan fingerprint density at radius 2 is 2.20 bits per heavy atom. The van der Waals surface area contributed by atoms with E-state index >= 15 is 0 Å². The topological polar surface area (TPSA) is 44.4 Å². The Bertz CT molecular complexity index is 364. The van der Waals surface area contributed by atoms with Gasteiger partial charge in [-0.1, -0.05) is 11.6 Å². The minimum Gasteiger partial charge on any atom is -0.341 e. The van der Waals surface area contributed by atoms with Crippen molar-refractivity contribution in [2.24, 2.45) is 5.92 Å². The van der Waals surface area contributed by atoms with Gasteiger partial charge in [0.05, 0.1) is 0 Å². The van der Waals surface area contributed by atoms with Crippen molar-refractivity contribution < 1.29 is 4.79 Å². The summed E-state index contributed by atoms with van der Waals surface area (Å²) in [7, 11) is 1.70. The van der Waals surface area contributed by atoms with Crippen LogP contribution in [0.4, 0.5) is 4.79 Å². The Kier molecular flexibility index (Phi) is 6.17. The van der Waals surface area contributed by atoms with Gasteiger partial charge in [-0.05, 0) is 63.1 Å². The second kappa shape index (κ2) is 7.89. The van der Waals surface area contributed by atoms with Gasteiger partial charge < -0.3 is 15.5 Å². The van der Waals surface area contributed by atoms with Gasteiger partial charge in [-0.3, -0.25) is 0 Å². The molecule has 1 saturated heterocycles. The number of rotatable bonds is 4. The maximum absolute atomic E-state index is 12.1. The van der Waals surface area contributed by atoms with E-state index in [0.717, 1.165) is 37.5 Å². The van der Waals surface area contributed by atoms with Gasteiger partial charge in [0, 0.05) is 25.2 Å². The maximum atomic E-state index is 12.1. The van der Waals surface area contributed by atoms with Gasteiger partial charge in [0.1, 0.15) is 0 Å². The van der Waals surface area contributed by atoms with Crippen LogP contribution in [-0.4, -0.2) is 44.2 Å². The highest BCUT2D eigenvalue weighted by Gasteiger charge is 2.22. The van der Waals surface area contributed by atoms with Crippen LogP contribution in [-0.2, 0) is 0 Å². The molecule has 0 bridgehead atoms. The third kappa shape index (κ3) is 4.38. The summed E-state index contributed by atoms with van der Waals surface area (Å²) < 4.78 is 0. The fourth-order valence-corrected chi connectivity index (χ4v) is 3.38. The molecule has 4 nitrogen and oxygen atoms in total. The second-order valence-electron chi connectivity index (χ2n) is 5.86. The lowest BCUT2D eigenvalue weighted by Gasteiger charge is -2.31. The van der Waals surface area contributed by atoms with Gasteiger partial charge in [0.25, 0.3) is 0 Å². The first-order valence-electron chi connectivity index (χ1n) is 7.74. The average molecular weight is 300 g/mol. The molecule has 0 aromatic carbocycles. The highest BCUT2D eigenvalue weighted by molar-refractivity contribution is 6.30. The Morgan fingerprint density at radius 3 is 2.85 bits per heavy atom. The van der Waals surface area contributed by atoms with E-state index in [1.54, 1.807) is 7.05 Å². The van der Waals surface area contributed by atoms with Crippen molar-refractivity contribution in [3.05, 3.63) is 10.6 Å². The number of piperidine rings is 1. The summed E-state index contributed by atoms with van der Waals surface area (Å²) in [5.74, 6) is 0.559. The number of hydrogen-bond donors (Lipinski definition) is 2. The molecule has 1 atom stereocenters. The zero-order valence-electron chi connectivity index (χ0n) is 12.4. The molecule has 0 spiro atoms. The number of halogens is 1. The number of nitrogens with zero attached hydrogens (tertiary/aromatic N) is 1. The molecule has 0 aromatic rings. The van der Waals surface area contributed by atoms with Crippen LogP contribution >= 0.6 is 11.6 Å². The highest BCUT2D eigenvalue weighted by Crippen LogP contribution is 2.28. The van der Waals surface area contributed by atoms with E-state index in [1.165, 1.54) is 31.3 Å². The molecule has 20 heavy (non-hydrogen) atoms. The third-order valence-electron chi connectivity index (χ3n) is 4.27. The SMILES string of the molecule is CNC(=O)N(CC1=C(Cl)CCCC1)CC1CCCNC1. The van der Waals surface area contributed by atoms with E-state index in [-0.39, 0.29) is 6.03 Å². The number of hydrogen-bond acceptors (Lipinski definition) is 2. The molecule has 114 valence electrons. The number of nitrogens with one attached hydrogen (secondary N) is 2. The fraction of sp³-hybridized carbons (Fsp3) is 0.800. The first-order chi connectivity index (χ1) is 9.70. The summed E-state index contributed by atoms with van der Waals surface area (Å²) in [6, 6.07) is 0.0121. The summed E-state index contributed by atoms with van der Waals surface area (Å²) in [4.78, 5) is 14.0. The molecular formula is C15H26ClN3O. The molecule has 1 aliphatic carbocycles. The zero-order valence-corrected chi connectivity index (χ0v) is 13.1. The number of carbonyl (C=O) groups excluding carboxylic acids is 1. The van der Waals surface area contributed by atoms with E-state index in [1.807, 2.05) is 4.90 Å². The first-order valence-corrected chi connectivity index (χ1v) is 8.12. The van der Waals surface area contributed by atoms with Gasteiger partial charge in [-0.25, -0.2) is 4.79 Å². The fourth-order valence-electron chi connectivity index (χ4n) is 3.10. The molecule has 2 amide bonds. The summed E-state index contributed by atoms with van der Waals surface area (Å²) >= 11 is 6.33. The standard InChI is InChI=1S/C15H26ClN3O/c1-17-15(20)19(10-12-5-4-8-18-9-12)11-13-6-2-3-7-14(13)16/h12,18H,2-11H2,1H3,(H,17,20). The number of allylic oxidation sites excluding steroid dienone is 1. The summed E-state index contributed by atoms with van der Waals surface area (Å²) in [5.41, 5.74) is 1.25. The lowest BCUT2D eigenvalue weighted by atomic mass is 9.96. The van der Waals surface area contributed by atoms with Crippen molar-refractivity contribution >= 4 is 17.6 Å². The molecule has 2 rings (SSSR count). The van der Waals surface area contributed by atoms with Crippen molar-refractivity contribution in [2.45, 2.75) is 38.5 Å². The third-order valence-corrected chi connectivity index (χ3v) is 4.73. The average Bonchev–Trinajstić information content (AvgIpc) is 2.49. The van der Waals surface area contributed by atoms with E-state index in [2.05, 4.69) is 10.6 Å². The van der Waals surface area contributed by atoms with Crippen molar-refractivity contribution in [1.29, 1.82) is 0 Å². The molecule has 1 heterocycles. The minimum absolute atomic E-state index is 0.0121. The van der Waals surface area contributed by atoms with E-state index < -0.39 is 0 Å². The Labute approximate surface area is 126 Å². The molecule has 0 aromatic heterocycles. The van der Waals surface area contributed by atoms with Gasteiger partial charge in [0.2, 0.25) is 0 Å². The molecule has 1 fully saturated rings. The lowest BCUT2D eigenvalue weighted by molar-refractivity contribution is 0.187. The van der Waals surface area contributed by atoms with Crippen LogP contribution in [0.3, 0.4) is 0 Å². The number of amides is 2. The molecule has 1 aliphatic heterocycles. The smallest absolute Gasteiger partial charge is 0.317 e. The van der Waals surface area contributed by atoms with Gasteiger partial charge in [-0.2, -0.15) is 0 Å². The van der Waals surface area contributed by atoms with Crippen LogP contribution in [0.15, 0.2) is 10.6 Å². The second-order valence-corrected chi connectivity index (χ2v) is 6.32.